The predicted octanol–water partition coefficient (Wildman–Crippen LogP) is 3.94. The molecule has 1 saturated carbocycles. The van der Waals surface area contributed by atoms with E-state index < -0.39 is 15.6 Å². The van der Waals surface area contributed by atoms with E-state index >= 15 is 0 Å². The van der Waals surface area contributed by atoms with Gasteiger partial charge >= 0.3 is 0 Å². The molecule has 1 amide bonds. The van der Waals surface area contributed by atoms with Crippen LogP contribution in [0.1, 0.15) is 89.9 Å². The van der Waals surface area contributed by atoms with Gasteiger partial charge in [-0.1, -0.05) is 44.9 Å². The molecule has 0 radical (unpaired) electrons. The SMILES string of the molecule is O=C(CC1CCC2(CC1)OOCCCCCCCCCCCOO2)N1CCS(=O)(=O)CC1. The predicted molar refractivity (Wildman–Crippen MR) is 120 cm³/mol. The van der Waals surface area contributed by atoms with E-state index in [2.05, 4.69) is 0 Å². The third-order valence-corrected chi connectivity index (χ3v) is 8.51. The number of rotatable bonds is 2. The number of sulfone groups is 1. The van der Waals surface area contributed by atoms with Crippen molar-refractivity contribution in [3.63, 3.8) is 0 Å². The standard InChI is InChI=1S/C23H41NO7S/c25-22(24-14-18-32(26,27)19-15-24)20-21-10-12-23(13-11-21)30-28-16-8-6-4-2-1-3-5-7-9-17-29-31-23/h21H,1-20H2. The second kappa shape index (κ2) is 13.2. The maximum absolute atomic E-state index is 12.6. The van der Waals surface area contributed by atoms with Gasteiger partial charge in [0, 0.05) is 32.4 Å². The van der Waals surface area contributed by atoms with Crippen LogP contribution in [0.2, 0.25) is 0 Å². The highest BCUT2D eigenvalue weighted by atomic mass is 32.2. The Morgan fingerprint density at radius 3 is 1.75 bits per heavy atom. The first-order valence-corrected chi connectivity index (χ1v) is 14.4. The lowest BCUT2D eigenvalue weighted by Crippen LogP contribution is -2.45. The van der Waals surface area contributed by atoms with E-state index in [0.29, 0.717) is 45.6 Å². The molecule has 1 aliphatic carbocycles. The largest absolute Gasteiger partial charge is 0.341 e. The Bertz CT molecular complexity index is 629. The van der Waals surface area contributed by atoms with Crippen molar-refractivity contribution in [3.8, 4) is 0 Å². The van der Waals surface area contributed by atoms with Crippen molar-refractivity contribution in [1.29, 1.82) is 0 Å². The van der Waals surface area contributed by atoms with Crippen molar-refractivity contribution < 1.29 is 32.8 Å². The zero-order valence-electron chi connectivity index (χ0n) is 19.4. The first-order chi connectivity index (χ1) is 15.5. The van der Waals surface area contributed by atoms with Crippen LogP contribution in [-0.2, 0) is 34.2 Å². The fourth-order valence-electron chi connectivity index (χ4n) is 4.70. The van der Waals surface area contributed by atoms with Gasteiger partial charge in [-0.15, -0.1) is 0 Å². The number of nitrogens with zero attached hydrogens (tertiary/aromatic N) is 1. The van der Waals surface area contributed by atoms with E-state index in [1.54, 1.807) is 4.90 Å². The second-order valence-corrected chi connectivity index (χ2v) is 11.9. The molecule has 2 heterocycles. The van der Waals surface area contributed by atoms with Crippen molar-refractivity contribution in [2.24, 2.45) is 5.92 Å². The molecule has 2 aliphatic heterocycles. The highest BCUT2D eigenvalue weighted by Gasteiger charge is 2.41. The summed E-state index contributed by atoms with van der Waals surface area (Å²) in [6.07, 6.45) is 13.8. The molecule has 186 valence electrons. The van der Waals surface area contributed by atoms with Crippen LogP contribution >= 0.6 is 0 Å². The summed E-state index contributed by atoms with van der Waals surface area (Å²) in [5, 5.41) is 0. The molecule has 3 aliphatic rings. The molecule has 8 nitrogen and oxygen atoms in total. The molecule has 0 unspecified atom stereocenters. The Balaban J connectivity index is 1.44. The topological polar surface area (TPSA) is 91.4 Å². The monoisotopic (exact) mass is 475 g/mol. The smallest absolute Gasteiger partial charge is 0.234 e. The summed E-state index contributed by atoms with van der Waals surface area (Å²) in [6.45, 7) is 1.72. The zero-order chi connectivity index (χ0) is 22.7. The van der Waals surface area contributed by atoms with Crippen LogP contribution in [0.5, 0.6) is 0 Å². The molecule has 0 atom stereocenters. The van der Waals surface area contributed by atoms with Gasteiger partial charge in [0.15, 0.2) is 9.84 Å². The maximum Gasteiger partial charge on any atom is 0.234 e. The molecule has 9 heteroatoms. The fraction of sp³-hybridized carbons (Fsp3) is 0.957. The minimum absolute atomic E-state index is 0.0492. The van der Waals surface area contributed by atoms with Gasteiger partial charge in [0.25, 0.3) is 0 Å². The lowest BCUT2D eigenvalue weighted by molar-refractivity contribution is -0.518. The lowest BCUT2D eigenvalue weighted by atomic mass is 9.83. The van der Waals surface area contributed by atoms with Crippen LogP contribution in [0.3, 0.4) is 0 Å². The Morgan fingerprint density at radius 2 is 1.25 bits per heavy atom. The molecule has 0 aromatic heterocycles. The first-order valence-electron chi connectivity index (χ1n) is 12.6. The van der Waals surface area contributed by atoms with Gasteiger partial charge in [0.1, 0.15) is 0 Å². The molecule has 3 rings (SSSR count). The third kappa shape index (κ3) is 8.89. The zero-order valence-corrected chi connectivity index (χ0v) is 20.2. The Hall–Kier alpha value is -0.740. The van der Waals surface area contributed by atoms with Crippen LogP contribution in [0.15, 0.2) is 0 Å². The van der Waals surface area contributed by atoms with E-state index in [-0.39, 0.29) is 23.3 Å². The average molecular weight is 476 g/mol. The normalized spacial score (nSPS) is 27.2. The van der Waals surface area contributed by atoms with Gasteiger partial charge in [-0.2, -0.15) is 9.78 Å². The van der Waals surface area contributed by atoms with Crippen molar-refractivity contribution in [2.45, 2.75) is 95.7 Å². The Morgan fingerprint density at radius 1 is 0.781 bits per heavy atom. The van der Waals surface area contributed by atoms with E-state index in [0.717, 1.165) is 38.5 Å². The number of carbonyl (C=O) groups excluding carboxylic acids is 1. The second-order valence-electron chi connectivity index (χ2n) is 9.58. The molecule has 32 heavy (non-hydrogen) atoms. The van der Waals surface area contributed by atoms with Crippen LogP contribution in [0.25, 0.3) is 0 Å². The minimum Gasteiger partial charge on any atom is -0.341 e. The van der Waals surface area contributed by atoms with Crippen LogP contribution in [0, 0.1) is 5.92 Å². The van der Waals surface area contributed by atoms with Crippen LogP contribution in [-0.4, -0.2) is 62.8 Å². The summed E-state index contributed by atoms with van der Waals surface area (Å²) >= 11 is 0. The van der Waals surface area contributed by atoms with Crippen molar-refractivity contribution >= 4 is 15.7 Å². The molecule has 0 bridgehead atoms. The highest BCUT2D eigenvalue weighted by Crippen LogP contribution is 2.38. The molecule has 1 spiro atoms. The number of carbonyl (C=O) groups is 1. The Labute approximate surface area is 193 Å². The summed E-state index contributed by atoms with van der Waals surface area (Å²) < 4.78 is 23.2. The summed E-state index contributed by atoms with van der Waals surface area (Å²) in [7, 11) is -2.98. The molecule has 3 fully saturated rings. The third-order valence-electron chi connectivity index (χ3n) is 6.90. The quantitative estimate of drug-likeness (QED) is 0.559. The van der Waals surface area contributed by atoms with Crippen LogP contribution in [0.4, 0.5) is 0 Å². The molecule has 0 aromatic carbocycles. The van der Waals surface area contributed by atoms with E-state index in [4.69, 9.17) is 19.6 Å². The van der Waals surface area contributed by atoms with Crippen molar-refractivity contribution in [2.75, 3.05) is 37.8 Å². The molecule has 0 N–H and O–H groups in total. The Kier molecular flexibility index (Phi) is 10.7. The summed E-state index contributed by atoms with van der Waals surface area (Å²) in [4.78, 5) is 36.9. The van der Waals surface area contributed by atoms with Gasteiger partial charge < -0.3 is 4.90 Å². The number of amides is 1. The minimum atomic E-state index is -2.98. The maximum atomic E-state index is 12.6. The summed E-state index contributed by atoms with van der Waals surface area (Å²) in [5.41, 5.74) is 0. The van der Waals surface area contributed by atoms with Gasteiger partial charge in [-0.3, -0.25) is 4.79 Å². The highest BCUT2D eigenvalue weighted by molar-refractivity contribution is 7.91. The fourth-order valence-corrected chi connectivity index (χ4v) is 5.90. The molecule has 0 aromatic rings. The van der Waals surface area contributed by atoms with Crippen molar-refractivity contribution in [3.05, 3.63) is 0 Å². The molecular formula is C23H41NO7S. The van der Waals surface area contributed by atoms with Gasteiger partial charge in [-0.05, 0) is 31.6 Å². The van der Waals surface area contributed by atoms with Crippen LogP contribution < -0.4 is 0 Å². The summed E-state index contributed by atoms with van der Waals surface area (Å²) in [5.74, 6) is -0.478. The van der Waals surface area contributed by atoms with E-state index in [1.165, 1.54) is 32.1 Å². The van der Waals surface area contributed by atoms with E-state index in [1.807, 2.05) is 0 Å². The van der Waals surface area contributed by atoms with Crippen molar-refractivity contribution in [1.82, 2.24) is 4.90 Å². The average Bonchev–Trinajstić information content (AvgIpc) is 2.77. The number of hydrogen-bond acceptors (Lipinski definition) is 7. The summed E-state index contributed by atoms with van der Waals surface area (Å²) in [6, 6.07) is 0. The van der Waals surface area contributed by atoms with Gasteiger partial charge in [0.05, 0.1) is 24.7 Å². The molecule has 2 saturated heterocycles. The first kappa shape index (κ1) is 25.9. The van der Waals surface area contributed by atoms with E-state index in [9.17, 15) is 13.2 Å². The van der Waals surface area contributed by atoms with Gasteiger partial charge in [0.2, 0.25) is 11.7 Å². The lowest BCUT2D eigenvalue weighted by Gasteiger charge is -2.37. The molecular weight excluding hydrogens is 434 g/mol. The van der Waals surface area contributed by atoms with Gasteiger partial charge in [-0.25, -0.2) is 18.2 Å². The number of hydrogen-bond donors (Lipinski definition) is 0.